The average molecular weight is 260 g/mol. The van der Waals surface area contributed by atoms with Gasteiger partial charge in [0, 0.05) is 5.33 Å². The van der Waals surface area contributed by atoms with Gasteiger partial charge in [-0.2, -0.15) is 0 Å². The lowest BCUT2D eigenvalue weighted by Gasteiger charge is -2.13. The summed E-state index contributed by atoms with van der Waals surface area (Å²) >= 11 is 5.79. The minimum Gasteiger partial charge on any atom is -0.354 e. The van der Waals surface area contributed by atoms with Crippen molar-refractivity contribution in [2.24, 2.45) is 0 Å². The summed E-state index contributed by atoms with van der Waals surface area (Å²) in [6, 6.07) is 0. The van der Waals surface area contributed by atoms with E-state index in [4.69, 9.17) is 10.2 Å². The van der Waals surface area contributed by atoms with Crippen LogP contribution in [0, 0.1) is 0 Å². The Morgan fingerprint density at radius 2 is 2.11 bits per heavy atom. The van der Waals surface area contributed by atoms with Crippen LogP contribution in [-0.2, 0) is 0 Å². The molecule has 4 heteroatoms. The Hall–Kier alpha value is 0.620. The van der Waals surface area contributed by atoms with Gasteiger partial charge < -0.3 is 10.2 Å². The average Bonchev–Trinajstić information content (AvgIpc) is 1.64. The summed E-state index contributed by atoms with van der Waals surface area (Å²) in [6.07, 6.45) is 1.66. The van der Waals surface area contributed by atoms with Crippen LogP contribution in [0.1, 0.15) is 6.92 Å². The second kappa shape index (κ2) is 3.71. The molecule has 0 aromatic carbocycles. The van der Waals surface area contributed by atoms with Gasteiger partial charge in [0.2, 0.25) is 4.70 Å². The highest BCUT2D eigenvalue weighted by molar-refractivity contribution is 9.10. The second-order valence-electron chi connectivity index (χ2n) is 1.63. The van der Waals surface area contributed by atoms with Crippen LogP contribution < -0.4 is 0 Å². The third-order valence-electron chi connectivity index (χ3n) is 0.885. The number of hydrogen-bond donors (Lipinski definition) is 2. The molecule has 0 spiro atoms. The van der Waals surface area contributed by atoms with Crippen LogP contribution in [0.15, 0.2) is 11.6 Å². The summed E-state index contributed by atoms with van der Waals surface area (Å²) in [5.74, 6) is 0. The maximum atomic E-state index is 8.80. The van der Waals surface area contributed by atoms with Crippen molar-refractivity contribution in [3.8, 4) is 0 Å². The first-order valence-electron chi connectivity index (χ1n) is 2.35. The molecular formula is C5H8Br2O2. The highest BCUT2D eigenvalue weighted by atomic mass is 79.9. The number of halogens is 2. The van der Waals surface area contributed by atoms with Crippen molar-refractivity contribution >= 4 is 31.9 Å². The molecule has 2 nitrogen and oxygen atoms in total. The van der Waals surface area contributed by atoms with Crippen molar-refractivity contribution in [3.05, 3.63) is 11.6 Å². The van der Waals surface area contributed by atoms with E-state index in [0.29, 0.717) is 10.9 Å². The Morgan fingerprint density at radius 3 is 2.22 bits per heavy atom. The lowest BCUT2D eigenvalue weighted by Crippen LogP contribution is -2.19. The minimum atomic E-state index is -1.85. The summed E-state index contributed by atoms with van der Waals surface area (Å²) in [5.41, 5.74) is 0.472. The van der Waals surface area contributed by atoms with Gasteiger partial charge in [-0.1, -0.05) is 22.0 Å². The van der Waals surface area contributed by atoms with Gasteiger partial charge in [-0.15, -0.1) is 0 Å². The van der Waals surface area contributed by atoms with Crippen molar-refractivity contribution in [1.29, 1.82) is 0 Å². The Bertz CT molecular complexity index is 115. The standard InChI is InChI=1S/C5H8Br2O2/c1-4(2-3-6)5(7,8)9/h2,8-9H,3H2,1H3. The van der Waals surface area contributed by atoms with Gasteiger partial charge in [0.15, 0.2) is 0 Å². The molecule has 0 rings (SSSR count). The molecule has 0 fully saturated rings. The topological polar surface area (TPSA) is 40.5 Å². The Morgan fingerprint density at radius 1 is 1.67 bits per heavy atom. The molecule has 0 aromatic rings. The van der Waals surface area contributed by atoms with Crippen molar-refractivity contribution in [2.45, 2.75) is 11.6 Å². The maximum Gasteiger partial charge on any atom is 0.244 e. The first-order valence-corrected chi connectivity index (χ1v) is 4.26. The number of alkyl halides is 2. The molecule has 0 aromatic heterocycles. The normalized spacial score (nSPS) is 14.1. The van der Waals surface area contributed by atoms with Crippen LogP contribution in [0.25, 0.3) is 0 Å². The van der Waals surface area contributed by atoms with E-state index in [1.807, 2.05) is 0 Å². The lowest BCUT2D eigenvalue weighted by molar-refractivity contribution is -0.0360. The van der Waals surface area contributed by atoms with E-state index >= 15 is 0 Å². The predicted octanol–water partition coefficient (Wildman–Crippen LogP) is 1.36. The molecule has 0 saturated heterocycles. The quantitative estimate of drug-likeness (QED) is 0.447. The summed E-state index contributed by atoms with van der Waals surface area (Å²) in [6.45, 7) is 1.62. The molecule has 0 aliphatic heterocycles. The van der Waals surface area contributed by atoms with E-state index in [9.17, 15) is 0 Å². The third-order valence-corrected chi connectivity index (χ3v) is 1.83. The summed E-state index contributed by atoms with van der Waals surface area (Å²) in [7, 11) is 0. The van der Waals surface area contributed by atoms with E-state index in [0.717, 1.165) is 0 Å². The molecule has 0 aliphatic carbocycles. The summed E-state index contributed by atoms with van der Waals surface area (Å²) in [5, 5.41) is 18.2. The smallest absolute Gasteiger partial charge is 0.244 e. The van der Waals surface area contributed by atoms with E-state index in [-0.39, 0.29) is 0 Å². The van der Waals surface area contributed by atoms with Gasteiger partial charge >= 0.3 is 0 Å². The van der Waals surface area contributed by atoms with Crippen molar-refractivity contribution in [1.82, 2.24) is 0 Å². The highest BCUT2D eigenvalue weighted by Gasteiger charge is 2.19. The molecule has 0 unspecified atom stereocenters. The first kappa shape index (κ1) is 9.62. The Kier molecular flexibility index (Phi) is 3.96. The molecular weight excluding hydrogens is 252 g/mol. The molecule has 0 bridgehead atoms. The fraction of sp³-hybridized carbons (Fsp3) is 0.600. The Balaban J connectivity index is 4.03. The summed E-state index contributed by atoms with van der Waals surface area (Å²) in [4.78, 5) is 0. The van der Waals surface area contributed by atoms with Crippen molar-refractivity contribution < 1.29 is 10.2 Å². The fourth-order valence-electron chi connectivity index (χ4n) is 0.246. The third kappa shape index (κ3) is 4.08. The molecule has 0 amide bonds. The molecule has 0 heterocycles. The van der Waals surface area contributed by atoms with E-state index in [1.165, 1.54) is 0 Å². The molecule has 0 radical (unpaired) electrons. The van der Waals surface area contributed by atoms with Gasteiger partial charge in [0.1, 0.15) is 0 Å². The van der Waals surface area contributed by atoms with E-state index in [1.54, 1.807) is 13.0 Å². The molecule has 0 atom stereocenters. The van der Waals surface area contributed by atoms with E-state index in [2.05, 4.69) is 31.9 Å². The zero-order valence-corrected chi connectivity index (χ0v) is 8.11. The zero-order chi connectivity index (χ0) is 7.49. The van der Waals surface area contributed by atoms with Gasteiger partial charge in [0.05, 0.1) is 0 Å². The largest absolute Gasteiger partial charge is 0.354 e. The van der Waals surface area contributed by atoms with Crippen LogP contribution in [0.2, 0.25) is 0 Å². The molecule has 0 aliphatic rings. The van der Waals surface area contributed by atoms with Crippen LogP contribution in [0.4, 0.5) is 0 Å². The number of rotatable bonds is 2. The van der Waals surface area contributed by atoms with Gasteiger partial charge in [0.25, 0.3) is 0 Å². The maximum absolute atomic E-state index is 8.80. The minimum absolute atomic E-state index is 0.472. The number of allylic oxidation sites excluding steroid dienone is 1. The van der Waals surface area contributed by atoms with E-state index < -0.39 is 4.70 Å². The van der Waals surface area contributed by atoms with Gasteiger partial charge in [-0.25, -0.2) is 0 Å². The van der Waals surface area contributed by atoms with Crippen LogP contribution in [0.3, 0.4) is 0 Å². The molecule has 54 valence electrons. The zero-order valence-electron chi connectivity index (χ0n) is 4.93. The monoisotopic (exact) mass is 258 g/mol. The predicted molar refractivity (Wildman–Crippen MR) is 43.6 cm³/mol. The van der Waals surface area contributed by atoms with Gasteiger partial charge in [-0.05, 0) is 28.4 Å². The number of aliphatic hydroxyl groups is 2. The molecule has 2 N–H and O–H groups in total. The second-order valence-corrected chi connectivity index (χ2v) is 3.38. The van der Waals surface area contributed by atoms with Crippen LogP contribution in [-0.4, -0.2) is 20.2 Å². The summed E-state index contributed by atoms with van der Waals surface area (Å²) < 4.78 is -1.85. The number of hydrogen-bond acceptors (Lipinski definition) is 2. The van der Waals surface area contributed by atoms with Crippen LogP contribution in [0.5, 0.6) is 0 Å². The fourth-order valence-corrected chi connectivity index (χ4v) is 0.893. The highest BCUT2D eigenvalue weighted by Crippen LogP contribution is 2.19. The lowest BCUT2D eigenvalue weighted by atomic mass is 10.3. The van der Waals surface area contributed by atoms with Gasteiger partial charge in [-0.3, -0.25) is 0 Å². The SMILES string of the molecule is CC(=CCBr)C(O)(O)Br. The molecule has 9 heavy (non-hydrogen) atoms. The van der Waals surface area contributed by atoms with Crippen LogP contribution >= 0.6 is 31.9 Å². The molecule has 0 saturated carbocycles. The Labute approximate surface area is 70.8 Å². The van der Waals surface area contributed by atoms with Crippen molar-refractivity contribution in [3.63, 3.8) is 0 Å². The van der Waals surface area contributed by atoms with Crippen molar-refractivity contribution in [2.75, 3.05) is 5.33 Å². The first-order chi connectivity index (χ1) is 3.98.